The van der Waals surface area contributed by atoms with Gasteiger partial charge in [-0.1, -0.05) is 30.3 Å². The van der Waals surface area contributed by atoms with Crippen molar-refractivity contribution >= 4 is 0 Å². The largest absolute Gasteiger partial charge is 0.347 e. The Kier molecular flexibility index (Phi) is 5.50. The summed E-state index contributed by atoms with van der Waals surface area (Å²) in [6.07, 6.45) is -0.438. The van der Waals surface area contributed by atoms with Crippen LogP contribution in [-0.4, -0.2) is 24.3 Å². The van der Waals surface area contributed by atoms with E-state index in [-0.39, 0.29) is 0 Å². The first-order chi connectivity index (χ1) is 8.67. The van der Waals surface area contributed by atoms with E-state index in [0.717, 1.165) is 5.56 Å². The number of ether oxygens (including phenoxy) is 2. The molecule has 0 fully saturated rings. The normalized spacial score (nSPS) is 13.0. The first-order valence-corrected chi connectivity index (χ1v) is 6.53. The topological polar surface area (TPSA) is 70.5 Å². The van der Waals surface area contributed by atoms with Crippen LogP contribution in [0.25, 0.3) is 0 Å². The predicted molar refractivity (Wildman–Crippen MR) is 77.6 cm³/mol. The highest BCUT2D eigenvalue weighted by Gasteiger charge is 2.20. The van der Waals surface area contributed by atoms with Gasteiger partial charge in [-0.2, -0.15) is 0 Å². The summed E-state index contributed by atoms with van der Waals surface area (Å²) < 4.78 is 11.6. The molecule has 0 heterocycles. The van der Waals surface area contributed by atoms with Gasteiger partial charge in [0.15, 0.2) is 6.29 Å². The standard InChI is InChI=1S/C15H26N2O2/c1-14(2,16)10-18-13(19-11-15(3,4)17)12-8-6-5-7-9-12/h5-9,13H,10-11,16-17H2,1-4H3. The lowest BCUT2D eigenvalue weighted by Crippen LogP contribution is -2.40. The second-order valence-corrected chi connectivity index (χ2v) is 6.34. The first-order valence-electron chi connectivity index (χ1n) is 6.53. The van der Waals surface area contributed by atoms with Crippen LogP contribution in [0, 0.1) is 0 Å². The van der Waals surface area contributed by atoms with E-state index in [1.54, 1.807) is 0 Å². The molecule has 0 aliphatic heterocycles. The predicted octanol–water partition coefficient (Wildman–Crippen LogP) is 2.19. The van der Waals surface area contributed by atoms with Crippen molar-refractivity contribution < 1.29 is 9.47 Å². The summed E-state index contributed by atoms with van der Waals surface area (Å²) in [6.45, 7) is 8.50. The number of hydrogen-bond donors (Lipinski definition) is 2. The fourth-order valence-corrected chi connectivity index (χ4v) is 1.43. The van der Waals surface area contributed by atoms with E-state index in [4.69, 9.17) is 20.9 Å². The highest BCUT2D eigenvalue weighted by atomic mass is 16.7. The molecule has 4 heteroatoms. The minimum Gasteiger partial charge on any atom is -0.347 e. The summed E-state index contributed by atoms with van der Waals surface area (Å²) in [5.41, 5.74) is 12.1. The van der Waals surface area contributed by atoms with Crippen molar-refractivity contribution in [3.8, 4) is 0 Å². The Morgan fingerprint density at radius 3 is 1.68 bits per heavy atom. The minimum absolute atomic E-state index is 0.394. The van der Waals surface area contributed by atoms with Crippen molar-refractivity contribution in [1.29, 1.82) is 0 Å². The number of rotatable bonds is 7. The molecule has 1 aromatic rings. The van der Waals surface area contributed by atoms with Gasteiger partial charge < -0.3 is 20.9 Å². The van der Waals surface area contributed by atoms with Crippen molar-refractivity contribution in [2.45, 2.75) is 45.1 Å². The van der Waals surface area contributed by atoms with Crippen LogP contribution < -0.4 is 11.5 Å². The lowest BCUT2D eigenvalue weighted by atomic mass is 10.1. The molecule has 0 aliphatic carbocycles. The smallest absolute Gasteiger partial charge is 0.183 e. The molecule has 4 N–H and O–H groups in total. The van der Waals surface area contributed by atoms with Gasteiger partial charge in [0.2, 0.25) is 0 Å². The fourth-order valence-electron chi connectivity index (χ4n) is 1.43. The van der Waals surface area contributed by atoms with Crippen molar-refractivity contribution in [3.05, 3.63) is 35.9 Å². The van der Waals surface area contributed by atoms with Gasteiger partial charge in [-0.05, 0) is 27.7 Å². The van der Waals surface area contributed by atoms with E-state index in [0.29, 0.717) is 13.2 Å². The average Bonchev–Trinajstić information content (AvgIpc) is 2.27. The van der Waals surface area contributed by atoms with Gasteiger partial charge in [-0.25, -0.2) is 0 Å². The maximum atomic E-state index is 5.94. The molecule has 0 spiro atoms. The molecule has 0 bridgehead atoms. The second-order valence-electron chi connectivity index (χ2n) is 6.34. The Morgan fingerprint density at radius 2 is 1.32 bits per heavy atom. The highest BCUT2D eigenvalue weighted by molar-refractivity contribution is 5.16. The van der Waals surface area contributed by atoms with E-state index in [1.165, 1.54) is 0 Å². The van der Waals surface area contributed by atoms with Crippen LogP contribution in [0.4, 0.5) is 0 Å². The first kappa shape index (κ1) is 16.1. The summed E-state index contributed by atoms with van der Waals surface area (Å²) in [5, 5.41) is 0. The molecule has 0 radical (unpaired) electrons. The Morgan fingerprint density at radius 1 is 0.895 bits per heavy atom. The molecule has 0 unspecified atom stereocenters. The van der Waals surface area contributed by atoms with Gasteiger partial charge in [0.25, 0.3) is 0 Å². The molecule has 0 aliphatic rings. The molecular weight excluding hydrogens is 240 g/mol. The minimum atomic E-state index is -0.438. The number of hydrogen-bond acceptors (Lipinski definition) is 4. The van der Waals surface area contributed by atoms with Crippen LogP contribution in [0.5, 0.6) is 0 Å². The van der Waals surface area contributed by atoms with Gasteiger partial charge in [0, 0.05) is 16.6 Å². The molecule has 0 aromatic heterocycles. The van der Waals surface area contributed by atoms with E-state index in [9.17, 15) is 0 Å². The third kappa shape index (κ3) is 7.28. The van der Waals surface area contributed by atoms with Gasteiger partial charge >= 0.3 is 0 Å². The van der Waals surface area contributed by atoms with E-state index in [1.807, 2.05) is 58.0 Å². The van der Waals surface area contributed by atoms with Crippen LogP contribution in [0.2, 0.25) is 0 Å². The zero-order valence-corrected chi connectivity index (χ0v) is 12.3. The third-order valence-corrected chi connectivity index (χ3v) is 2.29. The molecule has 1 aromatic carbocycles. The number of nitrogens with two attached hydrogens (primary N) is 2. The summed E-state index contributed by atoms with van der Waals surface area (Å²) in [7, 11) is 0. The van der Waals surface area contributed by atoms with Crippen LogP contribution >= 0.6 is 0 Å². The molecule has 0 atom stereocenters. The summed E-state index contributed by atoms with van der Waals surface area (Å²) in [6, 6.07) is 9.81. The second kappa shape index (κ2) is 6.48. The fraction of sp³-hybridized carbons (Fsp3) is 0.600. The summed E-state index contributed by atoms with van der Waals surface area (Å²) in [4.78, 5) is 0. The van der Waals surface area contributed by atoms with E-state index >= 15 is 0 Å². The van der Waals surface area contributed by atoms with Crippen molar-refractivity contribution in [1.82, 2.24) is 0 Å². The molecule has 19 heavy (non-hydrogen) atoms. The maximum Gasteiger partial charge on any atom is 0.183 e. The van der Waals surface area contributed by atoms with Crippen LogP contribution in [0.3, 0.4) is 0 Å². The third-order valence-electron chi connectivity index (χ3n) is 2.29. The molecular formula is C15H26N2O2. The van der Waals surface area contributed by atoms with Crippen LogP contribution in [0.15, 0.2) is 30.3 Å². The Bertz CT molecular complexity index is 348. The molecule has 108 valence electrons. The SMILES string of the molecule is CC(C)(N)COC(OCC(C)(C)N)c1ccccc1. The van der Waals surface area contributed by atoms with Gasteiger partial charge in [-0.15, -0.1) is 0 Å². The van der Waals surface area contributed by atoms with Crippen LogP contribution in [0.1, 0.15) is 39.5 Å². The monoisotopic (exact) mass is 266 g/mol. The maximum absolute atomic E-state index is 5.94. The molecule has 0 amide bonds. The highest BCUT2D eigenvalue weighted by Crippen LogP contribution is 2.21. The van der Waals surface area contributed by atoms with Crippen molar-refractivity contribution in [3.63, 3.8) is 0 Å². The van der Waals surface area contributed by atoms with E-state index < -0.39 is 17.4 Å². The van der Waals surface area contributed by atoms with Gasteiger partial charge in [0.1, 0.15) is 0 Å². The van der Waals surface area contributed by atoms with Gasteiger partial charge in [-0.3, -0.25) is 0 Å². The Hall–Kier alpha value is -0.940. The lowest BCUT2D eigenvalue weighted by Gasteiger charge is -2.27. The van der Waals surface area contributed by atoms with Crippen molar-refractivity contribution in [2.75, 3.05) is 13.2 Å². The van der Waals surface area contributed by atoms with Gasteiger partial charge in [0.05, 0.1) is 13.2 Å². The summed E-state index contributed by atoms with van der Waals surface area (Å²) in [5.74, 6) is 0. The number of benzene rings is 1. The van der Waals surface area contributed by atoms with Crippen molar-refractivity contribution in [2.24, 2.45) is 11.5 Å². The van der Waals surface area contributed by atoms with E-state index in [2.05, 4.69) is 0 Å². The molecule has 0 saturated carbocycles. The van der Waals surface area contributed by atoms with Crippen LogP contribution in [-0.2, 0) is 9.47 Å². The summed E-state index contributed by atoms with van der Waals surface area (Å²) >= 11 is 0. The Balaban J connectivity index is 2.68. The quantitative estimate of drug-likeness (QED) is 0.742. The molecule has 4 nitrogen and oxygen atoms in total. The Labute approximate surface area is 116 Å². The molecule has 0 saturated heterocycles. The zero-order chi connectivity index (χ0) is 14.5. The molecule has 1 rings (SSSR count). The lowest BCUT2D eigenvalue weighted by molar-refractivity contribution is -0.162. The zero-order valence-electron chi connectivity index (χ0n) is 12.3. The average molecular weight is 266 g/mol.